The van der Waals surface area contributed by atoms with E-state index >= 15 is 0 Å². The van der Waals surface area contributed by atoms with Gasteiger partial charge in [0, 0.05) is 0 Å². The zero-order chi connectivity index (χ0) is 7.68. The molecule has 0 bridgehead atoms. The normalized spacial score (nSPS) is 42.0. The van der Waals surface area contributed by atoms with Crippen molar-refractivity contribution < 1.29 is 0 Å². The van der Waals surface area contributed by atoms with E-state index in [1.807, 2.05) is 6.92 Å². The quantitative estimate of drug-likeness (QED) is 0.518. The van der Waals surface area contributed by atoms with Gasteiger partial charge in [-0.25, -0.2) is 0 Å². The van der Waals surface area contributed by atoms with E-state index in [9.17, 15) is 0 Å². The van der Waals surface area contributed by atoms with Gasteiger partial charge in [-0.1, -0.05) is 0 Å². The molecule has 2 aliphatic rings. The zero-order valence-electron chi connectivity index (χ0n) is 6.84. The Balaban J connectivity index is 1.86. The molecule has 0 amide bonds. The van der Waals surface area contributed by atoms with E-state index in [-0.39, 0.29) is 0 Å². The van der Waals surface area contributed by atoms with Crippen molar-refractivity contribution in [2.45, 2.75) is 24.8 Å². The van der Waals surface area contributed by atoms with Crippen LogP contribution in [0.25, 0.3) is 0 Å². The minimum atomic E-state index is 0.713. The van der Waals surface area contributed by atoms with Gasteiger partial charge in [0.25, 0.3) is 0 Å². The first-order valence-corrected chi connectivity index (χ1v) is 4.49. The molecule has 0 saturated carbocycles. The molecule has 2 saturated heterocycles. The summed E-state index contributed by atoms with van der Waals surface area (Å²) in [5, 5.41) is 7.00. The standard InChI is InChI=1S/C8H15BN2/c1-9-4-8-6-5-10-3-2-7(6)11-8/h6-8,10-11H,1-5H2. The van der Waals surface area contributed by atoms with E-state index in [1.54, 1.807) is 0 Å². The molecule has 2 N–H and O–H groups in total. The van der Waals surface area contributed by atoms with Crippen LogP contribution in [-0.4, -0.2) is 38.6 Å². The summed E-state index contributed by atoms with van der Waals surface area (Å²) < 4.78 is 0. The van der Waals surface area contributed by atoms with Gasteiger partial charge in [-0.3, -0.25) is 0 Å². The van der Waals surface area contributed by atoms with Crippen molar-refractivity contribution >= 4 is 13.4 Å². The molecular formula is C8H15BN2. The molecule has 2 fully saturated rings. The summed E-state index contributed by atoms with van der Waals surface area (Å²) in [6.07, 6.45) is 2.43. The Labute approximate surface area is 68.7 Å². The van der Waals surface area contributed by atoms with Gasteiger partial charge in [0.15, 0.2) is 0 Å². The predicted octanol–water partition coefficient (Wildman–Crippen LogP) is -0.509. The third-order valence-corrected chi connectivity index (χ3v) is 2.89. The minimum absolute atomic E-state index is 0.713. The van der Waals surface area contributed by atoms with Crippen molar-refractivity contribution in [1.29, 1.82) is 0 Å². The monoisotopic (exact) mass is 150 g/mol. The van der Waals surface area contributed by atoms with Gasteiger partial charge in [-0.2, -0.15) is 0 Å². The topological polar surface area (TPSA) is 24.1 Å². The summed E-state index contributed by atoms with van der Waals surface area (Å²) in [5.74, 6) is 0.877. The summed E-state index contributed by atoms with van der Waals surface area (Å²) in [4.78, 5) is 0. The van der Waals surface area contributed by atoms with Crippen molar-refractivity contribution in [3.63, 3.8) is 0 Å². The summed E-state index contributed by atoms with van der Waals surface area (Å²) in [7, 11) is 0. The second kappa shape index (κ2) is 3.07. The number of fused-ring (bicyclic) bond motifs is 1. The fourth-order valence-corrected chi connectivity index (χ4v) is 2.21. The molecule has 2 nitrogen and oxygen atoms in total. The molecule has 2 rings (SSSR count). The van der Waals surface area contributed by atoms with Crippen LogP contribution in [0.5, 0.6) is 0 Å². The van der Waals surface area contributed by atoms with Crippen LogP contribution in [0.3, 0.4) is 0 Å². The van der Waals surface area contributed by atoms with Crippen LogP contribution in [0.15, 0.2) is 0 Å². The number of hydrogen-bond acceptors (Lipinski definition) is 2. The van der Waals surface area contributed by atoms with E-state index < -0.39 is 0 Å². The molecule has 11 heavy (non-hydrogen) atoms. The van der Waals surface area contributed by atoms with Gasteiger partial charge < -0.3 is 0 Å². The molecule has 0 aromatic rings. The van der Waals surface area contributed by atoms with Crippen LogP contribution in [0.1, 0.15) is 6.42 Å². The third kappa shape index (κ3) is 1.27. The molecular weight excluding hydrogens is 135 g/mol. The van der Waals surface area contributed by atoms with Crippen molar-refractivity contribution in [3.8, 4) is 0 Å². The fraction of sp³-hybridized carbons (Fsp3) is 0.875. The van der Waals surface area contributed by atoms with Gasteiger partial charge in [0.2, 0.25) is 0 Å². The Morgan fingerprint density at radius 3 is 3.18 bits per heavy atom. The Bertz CT molecular complexity index is 160. The molecule has 2 heterocycles. The maximum atomic E-state index is 3.76. The first-order chi connectivity index (χ1) is 5.42. The second-order valence-corrected chi connectivity index (χ2v) is 3.56. The molecule has 2 aliphatic heterocycles. The summed E-state index contributed by atoms with van der Waals surface area (Å²) in [5.41, 5.74) is 0. The summed E-state index contributed by atoms with van der Waals surface area (Å²) in [6, 6.07) is 1.52. The number of hydrogen-bond donors (Lipinski definition) is 2. The summed E-state index contributed by atoms with van der Waals surface area (Å²) in [6.45, 7) is 8.17. The van der Waals surface area contributed by atoms with Crippen LogP contribution in [0.4, 0.5) is 0 Å². The zero-order valence-corrected chi connectivity index (χ0v) is 6.84. The molecule has 0 aromatic heterocycles. The van der Waals surface area contributed by atoms with Gasteiger partial charge >= 0.3 is 67.9 Å². The van der Waals surface area contributed by atoms with Gasteiger partial charge in [0.05, 0.1) is 0 Å². The van der Waals surface area contributed by atoms with Crippen LogP contribution in [0, 0.1) is 5.92 Å². The average Bonchev–Trinajstić information content (AvgIpc) is 2.01. The SMILES string of the molecule is C=BCC1NC2CCNCC12. The van der Waals surface area contributed by atoms with E-state index in [2.05, 4.69) is 17.1 Å². The average molecular weight is 150 g/mol. The van der Waals surface area contributed by atoms with Crippen LogP contribution < -0.4 is 10.6 Å². The number of piperidine rings is 1. The number of rotatable bonds is 2. The first-order valence-electron chi connectivity index (χ1n) is 4.49. The molecule has 3 atom stereocenters. The van der Waals surface area contributed by atoms with Crippen molar-refractivity contribution in [3.05, 3.63) is 0 Å². The van der Waals surface area contributed by atoms with E-state index in [4.69, 9.17) is 0 Å². The first kappa shape index (κ1) is 7.50. The molecule has 0 aliphatic carbocycles. The van der Waals surface area contributed by atoms with E-state index in [1.165, 1.54) is 19.5 Å². The molecule has 0 radical (unpaired) electrons. The fourth-order valence-electron chi connectivity index (χ4n) is 2.21. The molecule has 3 unspecified atom stereocenters. The van der Waals surface area contributed by atoms with Crippen LogP contribution in [-0.2, 0) is 0 Å². The molecule has 0 aromatic carbocycles. The van der Waals surface area contributed by atoms with E-state index in [0.29, 0.717) is 6.04 Å². The van der Waals surface area contributed by atoms with Crippen molar-refractivity contribution in [1.82, 2.24) is 10.6 Å². The Hall–Kier alpha value is -0.145. The molecule has 60 valence electrons. The van der Waals surface area contributed by atoms with Gasteiger partial charge in [0.1, 0.15) is 0 Å². The maximum absolute atomic E-state index is 3.76. The second-order valence-electron chi connectivity index (χ2n) is 3.56. The predicted molar refractivity (Wildman–Crippen MR) is 49.4 cm³/mol. The van der Waals surface area contributed by atoms with Gasteiger partial charge in [-0.15, -0.1) is 0 Å². The van der Waals surface area contributed by atoms with Crippen molar-refractivity contribution in [2.24, 2.45) is 5.92 Å². The van der Waals surface area contributed by atoms with Crippen LogP contribution in [0.2, 0.25) is 6.32 Å². The third-order valence-electron chi connectivity index (χ3n) is 2.89. The summed E-state index contributed by atoms with van der Waals surface area (Å²) >= 11 is 0. The molecule has 0 spiro atoms. The Morgan fingerprint density at radius 2 is 2.45 bits per heavy atom. The Morgan fingerprint density at radius 1 is 1.55 bits per heavy atom. The Kier molecular flexibility index (Phi) is 2.10. The number of nitrogens with one attached hydrogen (secondary N) is 2. The van der Waals surface area contributed by atoms with E-state index in [0.717, 1.165) is 18.3 Å². The van der Waals surface area contributed by atoms with Crippen LogP contribution >= 0.6 is 0 Å². The van der Waals surface area contributed by atoms with Gasteiger partial charge in [-0.05, 0) is 0 Å². The molecule has 3 heteroatoms. The van der Waals surface area contributed by atoms with Crippen molar-refractivity contribution in [2.75, 3.05) is 13.1 Å².